The Bertz CT molecular complexity index is 422. The Morgan fingerprint density at radius 2 is 2.44 bits per heavy atom. The monoisotopic (exact) mass is 252 g/mol. The van der Waals surface area contributed by atoms with Crippen LogP contribution in [0.5, 0.6) is 0 Å². The predicted octanol–water partition coefficient (Wildman–Crippen LogP) is 0.281. The Balaban J connectivity index is 1.91. The molecule has 1 saturated heterocycles. The van der Waals surface area contributed by atoms with Crippen molar-refractivity contribution < 1.29 is 9.53 Å². The zero-order chi connectivity index (χ0) is 13.1. The summed E-state index contributed by atoms with van der Waals surface area (Å²) in [5, 5.41) is 2.89. The molecule has 1 aromatic rings. The minimum absolute atomic E-state index is 0.0277. The SMILES string of the molecule is CN(C)c1ncc(CNC(=O)C2CCCO2)n1C. The smallest absolute Gasteiger partial charge is 0.249 e. The Morgan fingerprint density at radius 3 is 3.00 bits per heavy atom. The van der Waals surface area contributed by atoms with Gasteiger partial charge in [0.2, 0.25) is 11.9 Å². The number of aromatic nitrogens is 2. The average molecular weight is 252 g/mol. The largest absolute Gasteiger partial charge is 0.368 e. The average Bonchev–Trinajstić information content (AvgIpc) is 2.95. The number of carbonyl (C=O) groups is 1. The number of amides is 1. The standard InChI is InChI=1S/C12H20N4O2/c1-15(2)12-14-8-9(16(12)3)7-13-11(17)10-5-4-6-18-10/h8,10H,4-7H2,1-3H3,(H,13,17). The normalized spacial score (nSPS) is 18.9. The van der Waals surface area contributed by atoms with Crippen molar-refractivity contribution in [3.05, 3.63) is 11.9 Å². The number of carbonyl (C=O) groups excluding carboxylic acids is 1. The fourth-order valence-corrected chi connectivity index (χ4v) is 2.09. The lowest BCUT2D eigenvalue weighted by Crippen LogP contribution is -2.34. The van der Waals surface area contributed by atoms with E-state index in [0.29, 0.717) is 13.2 Å². The quantitative estimate of drug-likeness (QED) is 0.836. The van der Waals surface area contributed by atoms with Gasteiger partial charge in [-0.25, -0.2) is 4.98 Å². The first-order valence-electron chi connectivity index (χ1n) is 6.17. The van der Waals surface area contributed by atoms with Gasteiger partial charge >= 0.3 is 0 Å². The molecule has 1 aliphatic rings. The maximum Gasteiger partial charge on any atom is 0.249 e. The van der Waals surface area contributed by atoms with Gasteiger partial charge in [0.25, 0.3) is 0 Å². The van der Waals surface area contributed by atoms with E-state index in [1.807, 2.05) is 30.6 Å². The zero-order valence-corrected chi connectivity index (χ0v) is 11.1. The molecule has 1 atom stereocenters. The number of nitrogens with zero attached hydrogens (tertiary/aromatic N) is 3. The van der Waals surface area contributed by atoms with Crippen LogP contribution < -0.4 is 10.2 Å². The van der Waals surface area contributed by atoms with Crippen molar-refractivity contribution in [2.45, 2.75) is 25.5 Å². The van der Waals surface area contributed by atoms with Gasteiger partial charge in [-0.3, -0.25) is 4.79 Å². The van der Waals surface area contributed by atoms with Crippen molar-refractivity contribution in [3.63, 3.8) is 0 Å². The molecule has 1 amide bonds. The molecule has 2 rings (SSSR count). The van der Waals surface area contributed by atoms with Gasteiger partial charge in [-0.1, -0.05) is 0 Å². The van der Waals surface area contributed by atoms with Crippen LogP contribution in [0.3, 0.4) is 0 Å². The highest BCUT2D eigenvalue weighted by atomic mass is 16.5. The number of ether oxygens (including phenoxy) is 1. The van der Waals surface area contributed by atoms with Crippen LogP contribution in [0.25, 0.3) is 0 Å². The third-order valence-corrected chi connectivity index (χ3v) is 3.13. The van der Waals surface area contributed by atoms with Crippen molar-refractivity contribution in [2.24, 2.45) is 7.05 Å². The molecule has 2 heterocycles. The highest BCUT2D eigenvalue weighted by Gasteiger charge is 2.23. The molecule has 0 aromatic carbocycles. The summed E-state index contributed by atoms with van der Waals surface area (Å²) in [5.74, 6) is 0.844. The molecule has 1 fully saturated rings. The summed E-state index contributed by atoms with van der Waals surface area (Å²) in [5.41, 5.74) is 0.977. The lowest BCUT2D eigenvalue weighted by Gasteiger charge is -2.13. The molecule has 1 aromatic heterocycles. The molecule has 1 unspecified atom stereocenters. The molecule has 0 spiro atoms. The van der Waals surface area contributed by atoms with E-state index >= 15 is 0 Å². The van der Waals surface area contributed by atoms with Crippen LogP contribution in [-0.4, -0.2) is 42.3 Å². The second-order valence-corrected chi connectivity index (χ2v) is 4.72. The van der Waals surface area contributed by atoms with Crippen molar-refractivity contribution in [2.75, 3.05) is 25.6 Å². The molecule has 6 heteroatoms. The summed E-state index contributed by atoms with van der Waals surface area (Å²) in [7, 11) is 5.82. The predicted molar refractivity (Wildman–Crippen MR) is 68.4 cm³/mol. The maximum atomic E-state index is 11.8. The first kappa shape index (κ1) is 12.9. The van der Waals surface area contributed by atoms with Crippen LogP contribution in [0, 0.1) is 0 Å². The molecule has 1 aliphatic heterocycles. The van der Waals surface area contributed by atoms with E-state index in [2.05, 4.69) is 10.3 Å². The highest BCUT2D eigenvalue weighted by molar-refractivity contribution is 5.80. The summed E-state index contributed by atoms with van der Waals surface area (Å²) in [4.78, 5) is 18.0. The second kappa shape index (κ2) is 5.39. The van der Waals surface area contributed by atoms with Crippen LogP contribution >= 0.6 is 0 Å². The Kier molecular flexibility index (Phi) is 3.86. The minimum atomic E-state index is -0.272. The van der Waals surface area contributed by atoms with Gasteiger partial charge < -0.3 is 19.5 Å². The van der Waals surface area contributed by atoms with Gasteiger partial charge in [-0.15, -0.1) is 0 Å². The Morgan fingerprint density at radius 1 is 1.67 bits per heavy atom. The van der Waals surface area contributed by atoms with E-state index in [1.165, 1.54) is 0 Å². The van der Waals surface area contributed by atoms with Gasteiger partial charge in [-0.05, 0) is 12.8 Å². The summed E-state index contributed by atoms with van der Waals surface area (Å²) in [6.45, 7) is 1.17. The van der Waals surface area contributed by atoms with E-state index in [9.17, 15) is 4.79 Å². The number of imidazole rings is 1. The molecule has 18 heavy (non-hydrogen) atoms. The lowest BCUT2D eigenvalue weighted by molar-refractivity contribution is -0.130. The number of anilines is 1. The fourth-order valence-electron chi connectivity index (χ4n) is 2.09. The van der Waals surface area contributed by atoms with Gasteiger partial charge in [0.1, 0.15) is 6.10 Å². The molecule has 1 N–H and O–H groups in total. The molecule has 100 valence electrons. The van der Waals surface area contributed by atoms with E-state index in [-0.39, 0.29) is 12.0 Å². The Labute approximate surface area is 107 Å². The number of hydrogen-bond donors (Lipinski definition) is 1. The molecular formula is C12H20N4O2. The summed E-state index contributed by atoms with van der Waals surface area (Å²) in [6.07, 6.45) is 3.30. The van der Waals surface area contributed by atoms with Gasteiger partial charge in [0, 0.05) is 27.7 Å². The zero-order valence-electron chi connectivity index (χ0n) is 11.1. The van der Waals surface area contributed by atoms with Crippen LogP contribution in [0.15, 0.2) is 6.20 Å². The van der Waals surface area contributed by atoms with Gasteiger partial charge in [0.05, 0.1) is 18.4 Å². The number of nitrogens with one attached hydrogen (secondary N) is 1. The van der Waals surface area contributed by atoms with Crippen LogP contribution in [-0.2, 0) is 23.1 Å². The number of hydrogen-bond acceptors (Lipinski definition) is 4. The number of rotatable bonds is 4. The molecular weight excluding hydrogens is 232 g/mol. The summed E-state index contributed by atoms with van der Waals surface area (Å²) >= 11 is 0. The summed E-state index contributed by atoms with van der Waals surface area (Å²) < 4.78 is 7.30. The topological polar surface area (TPSA) is 59.4 Å². The lowest BCUT2D eigenvalue weighted by atomic mass is 10.2. The van der Waals surface area contributed by atoms with E-state index in [0.717, 1.165) is 24.5 Å². The third-order valence-electron chi connectivity index (χ3n) is 3.13. The Hall–Kier alpha value is -1.56. The van der Waals surface area contributed by atoms with E-state index in [1.54, 1.807) is 6.20 Å². The molecule has 0 saturated carbocycles. The van der Waals surface area contributed by atoms with Crippen molar-refractivity contribution in [3.8, 4) is 0 Å². The summed E-state index contributed by atoms with van der Waals surface area (Å²) in [6, 6.07) is 0. The van der Waals surface area contributed by atoms with Gasteiger partial charge in [0.15, 0.2) is 0 Å². The van der Waals surface area contributed by atoms with Crippen LogP contribution in [0.2, 0.25) is 0 Å². The van der Waals surface area contributed by atoms with Crippen molar-refractivity contribution in [1.82, 2.24) is 14.9 Å². The second-order valence-electron chi connectivity index (χ2n) is 4.72. The molecule has 0 aliphatic carbocycles. The maximum absolute atomic E-state index is 11.8. The molecule has 0 radical (unpaired) electrons. The minimum Gasteiger partial charge on any atom is -0.368 e. The van der Waals surface area contributed by atoms with E-state index < -0.39 is 0 Å². The first-order chi connectivity index (χ1) is 8.59. The van der Waals surface area contributed by atoms with Gasteiger partial charge in [-0.2, -0.15) is 0 Å². The van der Waals surface area contributed by atoms with Crippen molar-refractivity contribution >= 4 is 11.9 Å². The van der Waals surface area contributed by atoms with Crippen LogP contribution in [0.1, 0.15) is 18.5 Å². The fraction of sp³-hybridized carbons (Fsp3) is 0.667. The highest BCUT2D eigenvalue weighted by Crippen LogP contribution is 2.13. The first-order valence-corrected chi connectivity index (χ1v) is 6.17. The third kappa shape index (κ3) is 2.64. The van der Waals surface area contributed by atoms with Crippen molar-refractivity contribution in [1.29, 1.82) is 0 Å². The molecule has 0 bridgehead atoms. The van der Waals surface area contributed by atoms with E-state index in [4.69, 9.17) is 4.74 Å². The van der Waals surface area contributed by atoms with Crippen LogP contribution in [0.4, 0.5) is 5.95 Å². The molecule has 6 nitrogen and oxygen atoms in total.